The van der Waals surface area contributed by atoms with Gasteiger partial charge in [0.1, 0.15) is 5.69 Å². The fraction of sp³-hybridized carbons (Fsp3) is 0.250. The van der Waals surface area contributed by atoms with Gasteiger partial charge in [-0.15, -0.1) is 5.10 Å². The van der Waals surface area contributed by atoms with Gasteiger partial charge in [0.15, 0.2) is 0 Å². The van der Waals surface area contributed by atoms with Crippen LogP contribution in [0.3, 0.4) is 0 Å². The maximum absolute atomic E-state index is 3.97. The van der Waals surface area contributed by atoms with Crippen molar-refractivity contribution in [3.05, 3.63) is 28.7 Å². The van der Waals surface area contributed by atoms with Gasteiger partial charge in [0.25, 0.3) is 0 Å². The van der Waals surface area contributed by atoms with Gasteiger partial charge < -0.3 is 5.32 Å². The molecule has 0 unspecified atom stereocenters. The Kier molecular flexibility index (Phi) is 2.27. The van der Waals surface area contributed by atoms with E-state index in [1.54, 1.807) is 16.0 Å². The summed E-state index contributed by atoms with van der Waals surface area (Å²) in [5.74, 6) is 0. The second-order valence-corrected chi connectivity index (χ2v) is 3.53. The first-order valence-electron chi connectivity index (χ1n) is 3.96. The van der Waals surface area contributed by atoms with E-state index in [0.29, 0.717) is 0 Å². The number of nitrogens with one attached hydrogen (secondary N) is 1. The molecule has 2 aromatic heterocycles. The van der Waals surface area contributed by atoms with Crippen LogP contribution in [-0.2, 0) is 13.6 Å². The summed E-state index contributed by atoms with van der Waals surface area (Å²) < 4.78 is 1.70. The van der Waals surface area contributed by atoms with E-state index < -0.39 is 0 Å². The van der Waals surface area contributed by atoms with Gasteiger partial charge in [-0.3, -0.25) is 4.68 Å². The number of nitrogens with zero attached hydrogens (tertiary/aromatic N) is 3. The molecule has 0 radical (unpaired) electrons. The van der Waals surface area contributed by atoms with Crippen molar-refractivity contribution in [2.45, 2.75) is 6.54 Å². The first kappa shape index (κ1) is 8.25. The molecule has 0 spiro atoms. The van der Waals surface area contributed by atoms with E-state index in [9.17, 15) is 0 Å². The van der Waals surface area contributed by atoms with Crippen LogP contribution < -0.4 is 5.32 Å². The highest BCUT2D eigenvalue weighted by Crippen LogP contribution is 2.12. The molecule has 4 nitrogen and oxygen atoms in total. The summed E-state index contributed by atoms with van der Waals surface area (Å²) in [5, 5.41) is 15.2. The van der Waals surface area contributed by atoms with Crippen molar-refractivity contribution in [2.24, 2.45) is 7.05 Å². The average Bonchev–Trinajstić information content (AvgIpc) is 2.71. The Morgan fingerprint density at radius 1 is 1.62 bits per heavy atom. The second-order valence-electron chi connectivity index (χ2n) is 2.75. The van der Waals surface area contributed by atoms with Crippen LogP contribution in [0.5, 0.6) is 0 Å². The number of thiophene rings is 1. The molecular weight excluding hydrogens is 184 g/mol. The zero-order valence-electron chi connectivity index (χ0n) is 7.27. The Morgan fingerprint density at radius 3 is 3.15 bits per heavy atom. The quantitative estimate of drug-likeness (QED) is 0.805. The molecular formula is C8H10N4S. The van der Waals surface area contributed by atoms with Gasteiger partial charge in [-0.05, 0) is 11.4 Å². The molecule has 2 aromatic rings. The van der Waals surface area contributed by atoms with Crippen LogP contribution in [0.2, 0.25) is 0 Å². The molecule has 0 aliphatic carbocycles. The summed E-state index contributed by atoms with van der Waals surface area (Å²) >= 11 is 1.68. The van der Waals surface area contributed by atoms with Gasteiger partial charge in [0.2, 0.25) is 0 Å². The van der Waals surface area contributed by atoms with Crippen LogP contribution >= 0.6 is 11.3 Å². The molecule has 13 heavy (non-hydrogen) atoms. The summed E-state index contributed by atoms with van der Waals surface area (Å²) in [6.45, 7) is 0.727. The van der Waals surface area contributed by atoms with Crippen molar-refractivity contribution in [2.75, 3.05) is 5.32 Å². The molecule has 0 bridgehead atoms. The topological polar surface area (TPSA) is 42.7 Å². The highest BCUT2D eigenvalue weighted by atomic mass is 32.1. The molecule has 0 atom stereocenters. The third-order valence-electron chi connectivity index (χ3n) is 1.64. The van der Waals surface area contributed by atoms with E-state index in [4.69, 9.17) is 0 Å². The molecule has 0 aliphatic rings. The number of hydrogen-bond donors (Lipinski definition) is 1. The standard InChI is InChI=1S/C8H10N4S/c1-12-5-8(10-11-12)4-9-7-2-3-13-6-7/h2-3,5-6,9H,4H2,1H3. The van der Waals surface area contributed by atoms with Crippen LogP contribution in [0.25, 0.3) is 0 Å². The molecule has 0 aromatic carbocycles. The van der Waals surface area contributed by atoms with Crippen LogP contribution in [0.1, 0.15) is 5.69 Å². The molecule has 68 valence electrons. The monoisotopic (exact) mass is 194 g/mol. The molecule has 0 amide bonds. The predicted molar refractivity (Wildman–Crippen MR) is 52.6 cm³/mol. The fourth-order valence-corrected chi connectivity index (χ4v) is 1.65. The Morgan fingerprint density at radius 2 is 2.54 bits per heavy atom. The molecule has 0 fully saturated rings. The van der Waals surface area contributed by atoms with Crippen molar-refractivity contribution >= 4 is 17.0 Å². The zero-order valence-corrected chi connectivity index (χ0v) is 8.08. The highest BCUT2D eigenvalue weighted by Gasteiger charge is 1.97. The van der Waals surface area contributed by atoms with Crippen molar-refractivity contribution in [1.82, 2.24) is 15.0 Å². The molecule has 0 saturated heterocycles. The van der Waals surface area contributed by atoms with E-state index in [1.165, 1.54) is 0 Å². The lowest BCUT2D eigenvalue weighted by Gasteiger charge is -1.98. The van der Waals surface area contributed by atoms with Crippen LogP contribution in [0.15, 0.2) is 23.0 Å². The third-order valence-corrected chi connectivity index (χ3v) is 2.33. The Labute approximate surface area is 80.2 Å². The largest absolute Gasteiger partial charge is 0.379 e. The van der Waals surface area contributed by atoms with Gasteiger partial charge in [-0.2, -0.15) is 11.3 Å². The molecule has 5 heteroatoms. The van der Waals surface area contributed by atoms with Crippen LogP contribution in [-0.4, -0.2) is 15.0 Å². The average molecular weight is 194 g/mol. The Hall–Kier alpha value is -1.36. The van der Waals surface area contributed by atoms with Gasteiger partial charge in [0, 0.05) is 24.3 Å². The van der Waals surface area contributed by atoms with Gasteiger partial charge in [-0.25, -0.2) is 0 Å². The van der Waals surface area contributed by atoms with E-state index in [-0.39, 0.29) is 0 Å². The van der Waals surface area contributed by atoms with Crippen molar-refractivity contribution in [1.29, 1.82) is 0 Å². The summed E-state index contributed by atoms with van der Waals surface area (Å²) in [5.41, 5.74) is 2.09. The van der Waals surface area contributed by atoms with E-state index in [2.05, 4.69) is 21.0 Å². The first-order chi connectivity index (χ1) is 6.34. The minimum atomic E-state index is 0.727. The van der Waals surface area contributed by atoms with E-state index >= 15 is 0 Å². The van der Waals surface area contributed by atoms with E-state index in [1.807, 2.05) is 24.7 Å². The summed E-state index contributed by atoms with van der Waals surface area (Å²) in [6, 6.07) is 2.04. The van der Waals surface area contributed by atoms with E-state index in [0.717, 1.165) is 17.9 Å². The van der Waals surface area contributed by atoms with Gasteiger partial charge >= 0.3 is 0 Å². The Balaban J connectivity index is 1.93. The molecule has 2 rings (SSSR count). The molecule has 2 heterocycles. The van der Waals surface area contributed by atoms with Crippen molar-refractivity contribution in [3.8, 4) is 0 Å². The van der Waals surface area contributed by atoms with Gasteiger partial charge in [-0.1, -0.05) is 5.21 Å². The maximum Gasteiger partial charge on any atom is 0.102 e. The fourth-order valence-electron chi connectivity index (χ4n) is 1.03. The summed E-state index contributed by atoms with van der Waals surface area (Å²) in [4.78, 5) is 0. The molecule has 0 aliphatic heterocycles. The Bertz CT molecular complexity index is 365. The lowest BCUT2D eigenvalue weighted by Crippen LogP contribution is -1.98. The maximum atomic E-state index is 3.97. The second kappa shape index (κ2) is 3.57. The predicted octanol–water partition coefficient (Wildman–Crippen LogP) is 1.49. The number of aryl methyl sites for hydroxylation is 1. The van der Waals surface area contributed by atoms with Crippen molar-refractivity contribution in [3.63, 3.8) is 0 Å². The molecule has 0 saturated carbocycles. The van der Waals surface area contributed by atoms with Crippen LogP contribution in [0.4, 0.5) is 5.69 Å². The number of hydrogen-bond acceptors (Lipinski definition) is 4. The summed E-state index contributed by atoms with van der Waals surface area (Å²) in [7, 11) is 1.86. The minimum Gasteiger partial charge on any atom is -0.379 e. The number of rotatable bonds is 3. The SMILES string of the molecule is Cn1cc(CNc2ccsc2)nn1. The summed E-state index contributed by atoms with van der Waals surface area (Å²) in [6.07, 6.45) is 1.90. The van der Waals surface area contributed by atoms with Crippen molar-refractivity contribution < 1.29 is 0 Å². The van der Waals surface area contributed by atoms with Crippen LogP contribution in [0, 0.1) is 0 Å². The third kappa shape index (κ3) is 2.06. The molecule has 1 N–H and O–H groups in total. The lowest BCUT2D eigenvalue weighted by molar-refractivity contribution is 0.713. The first-order valence-corrected chi connectivity index (χ1v) is 4.90. The number of aromatic nitrogens is 3. The highest BCUT2D eigenvalue weighted by molar-refractivity contribution is 7.08. The van der Waals surface area contributed by atoms with Gasteiger partial charge in [0.05, 0.1) is 6.54 Å². The minimum absolute atomic E-state index is 0.727. The normalized spacial score (nSPS) is 10.2. The smallest absolute Gasteiger partial charge is 0.102 e. The zero-order chi connectivity index (χ0) is 9.10. The number of anilines is 1. The lowest BCUT2D eigenvalue weighted by atomic mass is 10.4.